The number of amides is 1. The van der Waals surface area contributed by atoms with Crippen molar-refractivity contribution in [3.05, 3.63) is 0 Å². The van der Waals surface area contributed by atoms with E-state index in [1.54, 1.807) is 0 Å². The molecule has 0 aromatic heterocycles. The lowest BCUT2D eigenvalue weighted by Gasteiger charge is -2.31. The smallest absolute Gasteiger partial charge is 0.237 e. The minimum atomic E-state index is -3.29. The maximum Gasteiger partial charge on any atom is 0.237 e. The number of hydrogen-bond acceptors (Lipinski definition) is 4. The van der Waals surface area contributed by atoms with Crippen molar-refractivity contribution in [3.8, 4) is 0 Å². The van der Waals surface area contributed by atoms with Crippen molar-refractivity contribution in [3.63, 3.8) is 0 Å². The number of carbonyl (C=O) groups excluding carboxylic acids is 2. The molecule has 6 heteroatoms. The molecule has 0 aliphatic carbocycles. The summed E-state index contributed by atoms with van der Waals surface area (Å²) in [5.74, 6) is -0.811. The monoisotopic (exact) mass is 247 g/mol. The second-order valence-electron chi connectivity index (χ2n) is 4.23. The van der Waals surface area contributed by atoms with E-state index >= 15 is 0 Å². The lowest BCUT2D eigenvalue weighted by molar-refractivity contribution is -0.135. The van der Waals surface area contributed by atoms with E-state index in [2.05, 4.69) is 0 Å². The van der Waals surface area contributed by atoms with E-state index in [4.69, 9.17) is 0 Å². The second kappa shape index (κ2) is 4.95. The van der Waals surface area contributed by atoms with Gasteiger partial charge in [-0.15, -0.1) is 0 Å². The summed E-state index contributed by atoms with van der Waals surface area (Å²) in [6, 6.07) is 0. The van der Waals surface area contributed by atoms with Crippen LogP contribution in [0.1, 0.15) is 19.8 Å². The maximum absolute atomic E-state index is 11.6. The third-order valence-corrected chi connectivity index (χ3v) is 3.53. The molecule has 5 nitrogen and oxygen atoms in total. The third-order valence-electron chi connectivity index (χ3n) is 2.76. The summed E-state index contributed by atoms with van der Waals surface area (Å²) < 4.78 is 22.0. The summed E-state index contributed by atoms with van der Waals surface area (Å²) in [5.41, 5.74) is 0. The van der Waals surface area contributed by atoms with Gasteiger partial charge in [0.05, 0.1) is 0 Å². The van der Waals surface area contributed by atoms with Crippen LogP contribution in [0.15, 0.2) is 0 Å². The van der Waals surface area contributed by atoms with E-state index < -0.39 is 21.5 Å². The van der Waals surface area contributed by atoms with Crippen molar-refractivity contribution >= 4 is 21.5 Å². The van der Waals surface area contributed by atoms with Crippen molar-refractivity contribution in [1.29, 1.82) is 0 Å². The van der Waals surface area contributed by atoms with Gasteiger partial charge in [-0.1, -0.05) is 6.92 Å². The molecule has 92 valence electrons. The summed E-state index contributed by atoms with van der Waals surface area (Å²) in [6.45, 7) is 2.61. The Hall–Kier alpha value is -0.910. The van der Waals surface area contributed by atoms with E-state index in [0.717, 1.165) is 6.26 Å². The summed E-state index contributed by atoms with van der Waals surface area (Å²) in [7, 11) is -3.29. The van der Waals surface area contributed by atoms with E-state index in [1.807, 2.05) is 6.92 Å². The molecular weight excluding hydrogens is 230 g/mol. The first-order valence-corrected chi connectivity index (χ1v) is 7.37. The first-order chi connectivity index (χ1) is 7.33. The van der Waals surface area contributed by atoms with Crippen LogP contribution in [0.5, 0.6) is 0 Å². The number of likely N-dealkylation sites (tertiary alicyclic amines) is 1. The molecule has 0 saturated carbocycles. The summed E-state index contributed by atoms with van der Waals surface area (Å²) in [5, 5.41) is 0. The fraction of sp³-hybridized carbons (Fsp3) is 0.800. The quantitative estimate of drug-likeness (QED) is 0.696. The van der Waals surface area contributed by atoms with E-state index in [9.17, 15) is 18.0 Å². The van der Waals surface area contributed by atoms with Gasteiger partial charge in [0.15, 0.2) is 9.84 Å². The van der Waals surface area contributed by atoms with Crippen LogP contribution in [0.4, 0.5) is 0 Å². The van der Waals surface area contributed by atoms with Gasteiger partial charge in [0.2, 0.25) is 5.91 Å². The number of piperidine rings is 1. The molecular formula is C10H17NO4S. The molecule has 0 N–H and O–H groups in total. The van der Waals surface area contributed by atoms with Gasteiger partial charge in [-0.2, -0.15) is 0 Å². The minimum Gasteiger partial charge on any atom is -0.341 e. The number of rotatable bonds is 3. The minimum absolute atomic E-state index is 0.128. The topological polar surface area (TPSA) is 71.5 Å². The maximum atomic E-state index is 11.6. The van der Waals surface area contributed by atoms with Gasteiger partial charge in [-0.25, -0.2) is 8.42 Å². The van der Waals surface area contributed by atoms with Crippen molar-refractivity contribution in [1.82, 2.24) is 4.90 Å². The molecule has 1 heterocycles. The average molecular weight is 247 g/mol. The first kappa shape index (κ1) is 13.2. The molecule has 1 aliphatic heterocycles. The molecule has 1 aliphatic rings. The Morgan fingerprint density at radius 2 is 2.12 bits per heavy atom. The first-order valence-electron chi connectivity index (χ1n) is 5.31. The van der Waals surface area contributed by atoms with Crippen LogP contribution in [0.3, 0.4) is 0 Å². The van der Waals surface area contributed by atoms with Crippen molar-refractivity contribution in [2.45, 2.75) is 19.8 Å². The molecule has 0 radical (unpaired) electrons. The largest absolute Gasteiger partial charge is 0.341 e. The summed E-state index contributed by atoms with van der Waals surface area (Å²) in [6.07, 6.45) is 2.08. The zero-order valence-corrected chi connectivity index (χ0v) is 10.4. The van der Waals surface area contributed by atoms with Crippen LogP contribution in [0.25, 0.3) is 0 Å². The van der Waals surface area contributed by atoms with Gasteiger partial charge in [-0.05, 0) is 6.42 Å². The van der Waals surface area contributed by atoms with Gasteiger partial charge in [-0.3, -0.25) is 9.59 Å². The number of hydrogen-bond donors (Lipinski definition) is 0. The van der Waals surface area contributed by atoms with Gasteiger partial charge in [0.1, 0.15) is 11.5 Å². The standard InChI is InChI=1S/C10H17NO4S/c1-3-8-6-11(5-4-9(8)12)10(13)7-16(2,14)15/h8H,3-7H2,1-2H3. The van der Waals surface area contributed by atoms with Crippen LogP contribution in [0, 0.1) is 5.92 Å². The lowest BCUT2D eigenvalue weighted by Crippen LogP contribution is -2.45. The van der Waals surface area contributed by atoms with Gasteiger partial charge in [0, 0.05) is 31.7 Å². The van der Waals surface area contributed by atoms with Crippen LogP contribution in [-0.2, 0) is 19.4 Å². The third kappa shape index (κ3) is 3.59. The fourth-order valence-corrected chi connectivity index (χ4v) is 2.44. The molecule has 0 spiro atoms. The molecule has 1 unspecified atom stereocenters. The fourth-order valence-electron chi connectivity index (χ4n) is 1.81. The van der Waals surface area contributed by atoms with E-state index in [0.29, 0.717) is 25.9 Å². The number of Topliss-reactive ketones (excluding diaryl/α,β-unsaturated/α-hetero) is 1. The van der Waals surface area contributed by atoms with Gasteiger partial charge in [0.25, 0.3) is 0 Å². The van der Waals surface area contributed by atoms with Crippen molar-refractivity contribution < 1.29 is 18.0 Å². The number of nitrogens with zero attached hydrogens (tertiary/aromatic N) is 1. The molecule has 1 amide bonds. The predicted octanol–water partition coefficient (Wildman–Crippen LogP) is -0.141. The Kier molecular flexibility index (Phi) is 4.07. The number of sulfone groups is 1. The molecule has 1 rings (SSSR count). The second-order valence-corrected chi connectivity index (χ2v) is 6.37. The Labute approximate surface area is 95.7 Å². The molecule has 1 atom stereocenters. The van der Waals surface area contributed by atoms with Crippen LogP contribution in [-0.4, -0.2) is 50.1 Å². The van der Waals surface area contributed by atoms with Crippen molar-refractivity contribution in [2.75, 3.05) is 25.1 Å². The Bertz CT molecular complexity index is 388. The normalized spacial score (nSPS) is 22.2. The molecule has 0 aromatic carbocycles. The molecule has 0 aromatic rings. The molecule has 1 saturated heterocycles. The SMILES string of the molecule is CCC1CN(C(=O)CS(C)(=O)=O)CCC1=O. The van der Waals surface area contributed by atoms with Crippen molar-refractivity contribution in [2.24, 2.45) is 5.92 Å². The number of carbonyl (C=O) groups is 2. The van der Waals surface area contributed by atoms with Crippen LogP contribution >= 0.6 is 0 Å². The Morgan fingerprint density at radius 1 is 1.50 bits per heavy atom. The summed E-state index contributed by atoms with van der Waals surface area (Å²) >= 11 is 0. The molecule has 1 fully saturated rings. The van der Waals surface area contributed by atoms with Gasteiger partial charge >= 0.3 is 0 Å². The highest BCUT2D eigenvalue weighted by atomic mass is 32.2. The van der Waals surface area contributed by atoms with Gasteiger partial charge < -0.3 is 4.90 Å². The van der Waals surface area contributed by atoms with Crippen LogP contribution < -0.4 is 0 Å². The average Bonchev–Trinajstić information content (AvgIpc) is 2.15. The Balaban J connectivity index is 2.62. The summed E-state index contributed by atoms with van der Waals surface area (Å²) in [4.78, 5) is 24.5. The van der Waals surface area contributed by atoms with E-state index in [1.165, 1.54) is 4.90 Å². The molecule has 0 bridgehead atoms. The van der Waals surface area contributed by atoms with Crippen LogP contribution in [0.2, 0.25) is 0 Å². The Morgan fingerprint density at radius 3 is 2.62 bits per heavy atom. The highest BCUT2D eigenvalue weighted by Gasteiger charge is 2.29. The zero-order chi connectivity index (χ0) is 12.3. The zero-order valence-electron chi connectivity index (χ0n) is 9.60. The van der Waals surface area contributed by atoms with E-state index in [-0.39, 0.29) is 11.7 Å². The number of ketones is 1. The lowest BCUT2D eigenvalue weighted by atomic mass is 9.94. The predicted molar refractivity (Wildman–Crippen MR) is 59.7 cm³/mol. The molecule has 16 heavy (non-hydrogen) atoms. The highest BCUT2D eigenvalue weighted by Crippen LogP contribution is 2.16. The highest BCUT2D eigenvalue weighted by molar-refractivity contribution is 7.91.